The molecule has 1 rings (SSSR count). The zero-order valence-electron chi connectivity index (χ0n) is 10.9. The summed E-state index contributed by atoms with van der Waals surface area (Å²) in [6.07, 6.45) is 0.288. The lowest BCUT2D eigenvalue weighted by molar-refractivity contribution is -0.384. The maximum Gasteiger partial charge on any atom is 0.273 e. The highest BCUT2D eigenvalue weighted by atomic mass is 16.6. The number of nitro groups is 1. The maximum atomic E-state index is 11.7. The molecule has 0 aromatic heterocycles. The molecule has 0 aliphatic carbocycles. The number of rotatable bonds is 6. The molecule has 0 heterocycles. The minimum absolute atomic E-state index is 0.0732. The van der Waals surface area contributed by atoms with Crippen molar-refractivity contribution in [3.63, 3.8) is 0 Å². The van der Waals surface area contributed by atoms with E-state index in [-0.39, 0.29) is 29.7 Å². The van der Waals surface area contributed by atoms with Crippen LogP contribution in [0.2, 0.25) is 0 Å². The van der Waals surface area contributed by atoms with E-state index in [0.29, 0.717) is 12.2 Å². The predicted molar refractivity (Wildman–Crippen MR) is 71.1 cm³/mol. The Labute approximate surface area is 110 Å². The van der Waals surface area contributed by atoms with E-state index in [4.69, 9.17) is 10.5 Å². The van der Waals surface area contributed by atoms with Gasteiger partial charge in [-0.05, 0) is 18.5 Å². The Morgan fingerprint density at radius 3 is 2.79 bits per heavy atom. The van der Waals surface area contributed by atoms with Gasteiger partial charge in [0.25, 0.3) is 5.69 Å². The molecule has 0 aliphatic heterocycles. The second-order valence-corrected chi connectivity index (χ2v) is 4.23. The molecule has 0 saturated heterocycles. The molecule has 7 heteroatoms. The van der Waals surface area contributed by atoms with Crippen molar-refractivity contribution in [2.75, 3.05) is 19.0 Å². The Bertz CT molecular complexity index is 476. The minimum Gasteiger partial charge on any atom is -0.494 e. The molecule has 1 unspecified atom stereocenters. The van der Waals surface area contributed by atoms with Gasteiger partial charge in [-0.15, -0.1) is 0 Å². The van der Waals surface area contributed by atoms with E-state index in [9.17, 15) is 14.9 Å². The van der Waals surface area contributed by atoms with E-state index >= 15 is 0 Å². The fourth-order valence-electron chi connectivity index (χ4n) is 1.50. The molecule has 3 N–H and O–H groups in total. The summed E-state index contributed by atoms with van der Waals surface area (Å²) in [5.74, 6) is 0.122. The molecule has 0 saturated carbocycles. The van der Waals surface area contributed by atoms with E-state index in [1.54, 1.807) is 0 Å². The number of nitrogens with zero attached hydrogens (tertiary/aromatic N) is 1. The van der Waals surface area contributed by atoms with Crippen LogP contribution in [0.4, 0.5) is 11.4 Å². The van der Waals surface area contributed by atoms with Crippen LogP contribution in [0.1, 0.15) is 13.3 Å². The number of hydrogen-bond acceptors (Lipinski definition) is 5. The van der Waals surface area contributed by atoms with Crippen molar-refractivity contribution in [1.29, 1.82) is 0 Å². The number of nitrogens with two attached hydrogens (primary N) is 1. The van der Waals surface area contributed by atoms with Gasteiger partial charge in [0.05, 0.1) is 23.8 Å². The van der Waals surface area contributed by atoms with Crippen LogP contribution in [0.3, 0.4) is 0 Å². The van der Waals surface area contributed by atoms with E-state index in [1.807, 2.05) is 6.92 Å². The standard InChI is InChI=1S/C12H17N3O4/c1-8(7-13)5-12(16)14-10-4-3-9(15(17)18)6-11(10)19-2/h3-4,6,8H,5,7,13H2,1-2H3,(H,14,16). The summed E-state index contributed by atoms with van der Waals surface area (Å²) in [6, 6.07) is 4.02. The fourth-order valence-corrected chi connectivity index (χ4v) is 1.50. The lowest BCUT2D eigenvalue weighted by atomic mass is 10.1. The topological polar surface area (TPSA) is 107 Å². The molecule has 0 radical (unpaired) electrons. The highest BCUT2D eigenvalue weighted by Crippen LogP contribution is 2.29. The van der Waals surface area contributed by atoms with Crippen molar-refractivity contribution in [1.82, 2.24) is 0 Å². The second-order valence-electron chi connectivity index (χ2n) is 4.23. The van der Waals surface area contributed by atoms with Crippen LogP contribution < -0.4 is 15.8 Å². The molecule has 1 aromatic rings. The first-order chi connectivity index (χ1) is 8.97. The van der Waals surface area contributed by atoms with Gasteiger partial charge in [-0.2, -0.15) is 0 Å². The Morgan fingerprint density at radius 2 is 2.26 bits per heavy atom. The van der Waals surface area contributed by atoms with E-state index in [2.05, 4.69) is 5.32 Å². The molecule has 7 nitrogen and oxygen atoms in total. The van der Waals surface area contributed by atoms with Gasteiger partial charge in [-0.3, -0.25) is 14.9 Å². The third-order valence-corrected chi connectivity index (χ3v) is 2.61. The zero-order valence-corrected chi connectivity index (χ0v) is 10.9. The number of amides is 1. The van der Waals surface area contributed by atoms with Gasteiger partial charge in [0.1, 0.15) is 5.75 Å². The van der Waals surface area contributed by atoms with Crippen LogP contribution >= 0.6 is 0 Å². The van der Waals surface area contributed by atoms with E-state index in [1.165, 1.54) is 25.3 Å². The summed E-state index contributed by atoms with van der Waals surface area (Å²) < 4.78 is 5.02. The maximum absolute atomic E-state index is 11.7. The van der Waals surface area contributed by atoms with Gasteiger partial charge in [0.2, 0.25) is 5.91 Å². The molecule has 1 atom stereocenters. The van der Waals surface area contributed by atoms with Crippen LogP contribution in [0.25, 0.3) is 0 Å². The van der Waals surface area contributed by atoms with Crippen molar-refractivity contribution in [2.45, 2.75) is 13.3 Å². The number of nitrogens with one attached hydrogen (secondary N) is 1. The van der Waals surface area contributed by atoms with Crippen LogP contribution in [0.15, 0.2) is 18.2 Å². The van der Waals surface area contributed by atoms with Crippen molar-refractivity contribution in [3.05, 3.63) is 28.3 Å². The molecular weight excluding hydrogens is 250 g/mol. The van der Waals surface area contributed by atoms with Gasteiger partial charge in [-0.1, -0.05) is 6.92 Å². The average Bonchev–Trinajstić information content (AvgIpc) is 2.38. The third kappa shape index (κ3) is 4.22. The molecule has 104 valence electrons. The summed E-state index contributed by atoms with van der Waals surface area (Å²) in [7, 11) is 1.39. The first kappa shape index (κ1) is 14.9. The molecule has 0 fully saturated rings. The smallest absolute Gasteiger partial charge is 0.273 e. The number of ether oxygens (including phenoxy) is 1. The number of carbonyl (C=O) groups is 1. The lowest BCUT2D eigenvalue weighted by Crippen LogP contribution is -2.20. The number of methoxy groups -OCH3 is 1. The summed E-state index contributed by atoms with van der Waals surface area (Å²) >= 11 is 0. The first-order valence-electron chi connectivity index (χ1n) is 5.80. The van der Waals surface area contributed by atoms with Gasteiger partial charge in [0, 0.05) is 12.5 Å². The number of hydrogen-bond donors (Lipinski definition) is 2. The molecular formula is C12H17N3O4. The summed E-state index contributed by atoms with van der Waals surface area (Å²) in [5.41, 5.74) is 5.76. The normalized spacial score (nSPS) is 11.7. The van der Waals surface area contributed by atoms with Crippen LogP contribution in [-0.2, 0) is 4.79 Å². The first-order valence-corrected chi connectivity index (χ1v) is 5.80. The number of nitro benzene ring substituents is 1. The third-order valence-electron chi connectivity index (χ3n) is 2.61. The van der Waals surface area contributed by atoms with Crippen LogP contribution in [-0.4, -0.2) is 24.5 Å². The van der Waals surface area contributed by atoms with Gasteiger partial charge < -0.3 is 15.8 Å². The monoisotopic (exact) mass is 267 g/mol. The van der Waals surface area contributed by atoms with E-state index < -0.39 is 4.92 Å². The highest BCUT2D eigenvalue weighted by molar-refractivity contribution is 5.92. The molecule has 0 spiro atoms. The molecule has 0 bridgehead atoms. The minimum atomic E-state index is -0.523. The Kier molecular flexibility index (Phi) is 5.25. The van der Waals surface area contributed by atoms with Crippen molar-refractivity contribution < 1.29 is 14.5 Å². The molecule has 0 aliphatic rings. The largest absolute Gasteiger partial charge is 0.494 e. The summed E-state index contributed by atoms with van der Waals surface area (Å²) in [6.45, 7) is 2.29. The Morgan fingerprint density at radius 1 is 1.58 bits per heavy atom. The lowest BCUT2D eigenvalue weighted by Gasteiger charge is -2.12. The van der Waals surface area contributed by atoms with Gasteiger partial charge in [-0.25, -0.2) is 0 Å². The number of anilines is 1. The van der Waals surface area contributed by atoms with E-state index in [0.717, 1.165) is 0 Å². The second kappa shape index (κ2) is 6.69. The van der Waals surface area contributed by atoms with Crippen LogP contribution in [0, 0.1) is 16.0 Å². The van der Waals surface area contributed by atoms with Gasteiger partial charge >= 0.3 is 0 Å². The molecule has 19 heavy (non-hydrogen) atoms. The van der Waals surface area contributed by atoms with Crippen molar-refractivity contribution >= 4 is 17.3 Å². The molecule has 1 aromatic carbocycles. The van der Waals surface area contributed by atoms with Crippen LogP contribution in [0.5, 0.6) is 5.75 Å². The average molecular weight is 267 g/mol. The molecule has 1 amide bonds. The summed E-state index contributed by atoms with van der Waals surface area (Å²) in [4.78, 5) is 21.8. The number of carbonyl (C=O) groups excluding carboxylic acids is 1. The van der Waals surface area contributed by atoms with Gasteiger partial charge in [0.15, 0.2) is 0 Å². The Balaban J connectivity index is 2.83. The van der Waals surface area contributed by atoms with Crippen molar-refractivity contribution in [3.8, 4) is 5.75 Å². The quantitative estimate of drug-likeness (QED) is 0.600. The SMILES string of the molecule is COc1cc([N+](=O)[O-])ccc1NC(=O)CC(C)CN. The number of benzene rings is 1. The highest BCUT2D eigenvalue weighted by Gasteiger charge is 2.14. The number of non-ortho nitro benzene ring substituents is 1. The fraction of sp³-hybridized carbons (Fsp3) is 0.417. The zero-order chi connectivity index (χ0) is 14.4. The predicted octanol–water partition coefficient (Wildman–Crippen LogP) is 1.53. The van der Waals surface area contributed by atoms with Crippen molar-refractivity contribution in [2.24, 2.45) is 11.7 Å². The summed E-state index contributed by atoms with van der Waals surface area (Å²) in [5, 5.41) is 13.3. The Hall–Kier alpha value is -2.15.